The van der Waals surface area contributed by atoms with Crippen molar-refractivity contribution in [2.24, 2.45) is 0 Å². The minimum Gasteiger partial charge on any atom is -0.466 e. The summed E-state index contributed by atoms with van der Waals surface area (Å²) in [5, 5.41) is 3.30. The Hall–Kier alpha value is -1.61. The average Bonchev–Trinajstić information content (AvgIpc) is 2.38. The van der Waals surface area contributed by atoms with Gasteiger partial charge < -0.3 is 10.1 Å². The molecule has 1 aliphatic heterocycles. The molecule has 0 atom stereocenters. The van der Waals surface area contributed by atoms with Gasteiger partial charge in [0.05, 0.1) is 7.11 Å². The minimum absolute atomic E-state index is 0.206. The molecule has 0 saturated carbocycles. The molecule has 1 aliphatic rings. The van der Waals surface area contributed by atoms with E-state index in [-0.39, 0.29) is 5.97 Å². The van der Waals surface area contributed by atoms with Crippen molar-refractivity contribution < 1.29 is 9.53 Å². The SMILES string of the molecule is COC(=O)C1=C(c2cccc(C)c2)CNCC1. The van der Waals surface area contributed by atoms with E-state index in [2.05, 4.69) is 24.4 Å². The van der Waals surface area contributed by atoms with Gasteiger partial charge in [0, 0.05) is 12.1 Å². The van der Waals surface area contributed by atoms with Crippen LogP contribution in [-0.2, 0) is 9.53 Å². The summed E-state index contributed by atoms with van der Waals surface area (Å²) >= 11 is 0. The third-order valence-corrected chi connectivity index (χ3v) is 3.02. The number of carbonyl (C=O) groups is 1. The van der Waals surface area contributed by atoms with Gasteiger partial charge in [-0.15, -0.1) is 0 Å². The highest BCUT2D eigenvalue weighted by Gasteiger charge is 2.20. The summed E-state index contributed by atoms with van der Waals surface area (Å²) in [7, 11) is 1.44. The first-order valence-corrected chi connectivity index (χ1v) is 5.80. The van der Waals surface area contributed by atoms with Crippen molar-refractivity contribution in [2.75, 3.05) is 20.2 Å². The zero-order valence-corrected chi connectivity index (χ0v) is 10.2. The Labute approximate surface area is 101 Å². The number of hydrogen-bond acceptors (Lipinski definition) is 3. The van der Waals surface area contributed by atoms with Crippen LogP contribution >= 0.6 is 0 Å². The molecule has 3 heteroatoms. The van der Waals surface area contributed by atoms with Gasteiger partial charge in [-0.3, -0.25) is 0 Å². The summed E-state index contributed by atoms with van der Waals surface area (Å²) in [4.78, 5) is 11.7. The maximum atomic E-state index is 11.7. The fourth-order valence-corrected chi connectivity index (χ4v) is 2.14. The van der Waals surface area contributed by atoms with Crippen LogP contribution in [0, 0.1) is 6.92 Å². The third-order valence-electron chi connectivity index (χ3n) is 3.02. The summed E-state index contributed by atoms with van der Waals surface area (Å²) in [5.41, 5.74) is 4.17. The average molecular weight is 231 g/mol. The van der Waals surface area contributed by atoms with Crippen molar-refractivity contribution in [3.63, 3.8) is 0 Å². The fraction of sp³-hybridized carbons (Fsp3) is 0.357. The summed E-state index contributed by atoms with van der Waals surface area (Å²) in [6.45, 7) is 3.62. The van der Waals surface area contributed by atoms with E-state index in [0.717, 1.165) is 36.2 Å². The van der Waals surface area contributed by atoms with Gasteiger partial charge in [-0.1, -0.05) is 29.8 Å². The van der Waals surface area contributed by atoms with Crippen molar-refractivity contribution in [1.82, 2.24) is 5.32 Å². The highest BCUT2D eigenvalue weighted by Crippen LogP contribution is 2.24. The van der Waals surface area contributed by atoms with Crippen LogP contribution in [0.1, 0.15) is 17.5 Å². The molecule has 0 aliphatic carbocycles. The number of ether oxygens (including phenoxy) is 1. The third kappa shape index (κ3) is 2.56. The summed E-state index contributed by atoms with van der Waals surface area (Å²) in [6, 6.07) is 8.21. The predicted octanol–water partition coefficient (Wildman–Crippen LogP) is 1.91. The number of rotatable bonds is 2. The van der Waals surface area contributed by atoms with Gasteiger partial charge in [-0.2, -0.15) is 0 Å². The van der Waals surface area contributed by atoms with Gasteiger partial charge in [0.1, 0.15) is 0 Å². The first-order valence-electron chi connectivity index (χ1n) is 5.80. The zero-order valence-electron chi connectivity index (χ0n) is 10.2. The Kier molecular flexibility index (Phi) is 3.59. The molecule has 0 amide bonds. The monoisotopic (exact) mass is 231 g/mol. The molecule has 3 nitrogen and oxygen atoms in total. The Morgan fingerprint density at radius 3 is 2.94 bits per heavy atom. The van der Waals surface area contributed by atoms with Gasteiger partial charge >= 0.3 is 5.97 Å². The van der Waals surface area contributed by atoms with Crippen LogP contribution in [0.5, 0.6) is 0 Å². The van der Waals surface area contributed by atoms with Crippen molar-refractivity contribution in [2.45, 2.75) is 13.3 Å². The van der Waals surface area contributed by atoms with Gasteiger partial charge in [-0.05, 0) is 31.0 Å². The molecule has 0 unspecified atom stereocenters. The van der Waals surface area contributed by atoms with Crippen molar-refractivity contribution in [1.29, 1.82) is 0 Å². The van der Waals surface area contributed by atoms with E-state index in [4.69, 9.17) is 4.74 Å². The normalized spacial score (nSPS) is 15.9. The lowest BCUT2D eigenvalue weighted by atomic mass is 9.94. The van der Waals surface area contributed by atoms with Crippen molar-refractivity contribution in [3.8, 4) is 0 Å². The summed E-state index contributed by atoms with van der Waals surface area (Å²) in [5.74, 6) is -0.206. The summed E-state index contributed by atoms with van der Waals surface area (Å²) in [6.07, 6.45) is 0.732. The lowest BCUT2D eigenvalue weighted by molar-refractivity contribution is -0.136. The second kappa shape index (κ2) is 5.15. The van der Waals surface area contributed by atoms with Gasteiger partial charge in [0.25, 0.3) is 0 Å². The molecular formula is C14H17NO2. The van der Waals surface area contributed by atoms with Crippen molar-refractivity contribution >= 4 is 11.5 Å². The number of methoxy groups -OCH3 is 1. The zero-order chi connectivity index (χ0) is 12.3. The topological polar surface area (TPSA) is 38.3 Å². The lowest BCUT2D eigenvalue weighted by Gasteiger charge is -2.20. The molecular weight excluding hydrogens is 214 g/mol. The van der Waals surface area contributed by atoms with E-state index in [0.29, 0.717) is 0 Å². The van der Waals surface area contributed by atoms with Crippen molar-refractivity contribution in [3.05, 3.63) is 41.0 Å². The van der Waals surface area contributed by atoms with Gasteiger partial charge in [0.15, 0.2) is 0 Å². The highest BCUT2D eigenvalue weighted by molar-refractivity contribution is 5.98. The first-order chi connectivity index (χ1) is 8.22. The molecule has 0 saturated heterocycles. The van der Waals surface area contributed by atoms with Crippen LogP contribution in [0.25, 0.3) is 5.57 Å². The Morgan fingerprint density at radius 1 is 1.41 bits per heavy atom. The van der Waals surface area contributed by atoms with Crippen LogP contribution in [0.15, 0.2) is 29.8 Å². The van der Waals surface area contributed by atoms with Crippen LogP contribution in [0.2, 0.25) is 0 Å². The van der Waals surface area contributed by atoms with Crippen LogP contribution in [-0.4, -0.2) is 26.2 Å². The molecule has 0 aromatic heterocycles. The van der Waals surface area contributed by atoms with Crippen LogP contribution < -0.4 is 5.32 Å². The Bertz CT molecular complexity index is 463. The van der Waals surface area contributed by atoms with Crippen LogP contribution in [0.4, 0.5) is 0 Å². The Morgan fingerprint density at radius 2 is 2.24 bits per heavy atom. The Balaban J connectivity index is 2.45. The lowest BCUT2D eigenvalue weighted by Crippen LogP contribution is -2.27. The van der Waals surface area contributed by atoms with E-state index >= 15 is 0 Å². The molecule has 1 heterocycles. The largest absolute Gasteiger partial charge is 0.466 e. The first kappa shape index (κ1) is 11.9. The second-order valence-electron chi connectivity index (χ2n) is 4.24. The van der Waals surface area contributed by atoms with E-state index in [1.54, 1.807) is 0 Å². The van der Waals surface area contributed by atoms with Crippen LogP contribution in [0.3, 0.4) is 0 Å². The molecule has 1 N–H and O–H groups in total. The predicted molar refractivity (Wildman–Crippen MR) is 67.6 cm³/mol. The highest BCUT2D eigenvalue weighted by atomic mass is 16.5. The van der Waals surface area contributed by atoms with E-state index < -0.39 is 0 Å². The molecule has 0 bridgehead atoms. The minimum atomic E-state index is -0.206. The molecule has 2 rings (SSSR count). The molecule has 0 fully saturated rings. The molecule has 17 heavy (non-hydrogen) atoms. The number of benzene rings is 1. The molecule has 90 valence electrons. The van der Waals surface area contributed by atoms with Gasteiger partial charge in [0.2, 0.25) is 0 Å². The number of esters is 1. The van der Waals surface area contributed by atoms with E-state index in [1.165, 1.54) is 12.7 Å². The molecule has 1 aromatic carbocycles. The second-order valence-corrected chi connectivity index (χ2v) is 4.24. The number of nitrogens with one attached hydrogen (secondary N) is 1. The number of hydrogen-bond donors (Lipinski definition) is 1. The number of aryl methyl sites for hydroxylation is 1. The number of carbonyl (C=O) groups excluding carboxylic acids is 1. The van der Waals surface area contributed by atoms with E-state index in [1.807, 2.05) is 12.1 Å². The molecule has 0 radical (unpaired) electrons. The fourth-order valence-electron chi connectivity index (χ4n) is 2.14. The van der Waals surface area contributed by atoms with E-state index in [9.17, 15) is 4.79 Å². The molecule has 0 spiro atoms. The summed E-state index contributed by atoms with van der Waals surface area (Å²) < 4.78 is 4.85. The molecule has 1 aromatic rings. The maximum Gasteiger partial charge on any atom is 0.334 e. The standard InChI is InChI=1S/C14H17NO2/c1-10-4-3-5-11(8-10)13-9-15-7-6-12(13)14(16)17-2/h3-5,8,15H,6-7,9H2,1-2H3. The maximum absolute atomic E-state index is 11.7. The van der Waals surface area contributed by atoms with Gasteiger partial charge in [-0.25, -0.2) is 4.79 Å². The smallest absolute Gasteiger partial charge is 0.334 e. The quantitative estimate of drug-likeness (QED) is 0.790.